The highest BCUT2D eigenvalue weighted by Crippen LogP contribution is 2.59. The van der Waals surface area contributed by atoms with Gasteiger partial charge in [0.2, 0.25) is 0 Å². The molecule has 2 heteroatoms. The molecule has 2 nitrogen and oxygen atoms in total. The molecule has 234 valence electrons. The minimum Gasteiger partial charge on any atom is -0.308 e. The third-order valence-corrected chi connectivity index (χ3v) is 12.2. The molecule has 1 aliphatic carbocycles. The molecule has 0 N–H and O–H groups in total. The van der Waals surface area contributed by atoms with Gasteiger partial charge in [-0.25, -0.2) is 0 Å². The minimum atomic E-state index is -0.430. The maximum absolute atomic E-state index is 2.59. The first-order valence-corrected chi connectivity index (χ1v) is 17.9. The Morgan fingerprint density at radius 1 is 0.333 bits per heavy atom. The molecule has 0 unspecified atom stereocenters. The summed E-state index contributed by atoms with van der Waals surface area (Å²) in [6.07, 6.45) is 0. The van der Waals surface area contributed by atoms with Crippen molar-refractivity contribution in [3.05, 3.63) is 192 Å². The van der Waals surface area contributed by atoms with Crippen LogP contribution in [0.2, 0.25) is 0 Å². The van der Waals surface area contributed by atoms with Crippen molar-refractivity contribution >= 4 is 76.2 Å². The molecule has 13 rings (SSSR count). The van der Waals surface area contributed by atoms with Crippen LogP contribution in [0.5, 0.6) is 0 Å². The smallest absolute Gasteiger partial charge is 0.0713 e. The molecule has 0 radical (unpaired) electrons. The normalized spacial score (nSPS) is 14.0. The van der Waals surface area contributed by atoms with Crippen LogP contribution >= 0.6 is 0 Å². The molecular weight excluding hydrogens is 617 g/mol. The van der Waals surface area contributed by atoms with Crippen molar-refractivity contribution < 1.29 is 0 Å². The van der Waals surface area contributed by atoms with Gasteiger partial charge in [0.15, 0.2) is 0 Å². The van der Waals surface area contributed by atoms with E-state index in [1.807, 2.05) is 0 Å². The number of fused-ring (bicyclic) bond motifs is 17. The average molecular weight is 645 g/mol. The summed E-state index contributed by atoms with van der Waals surface area (Å²) in [5.74, 6) is 0. The highest BCUT2D eigenvalue weighted by atomic mass is 14.9. The predicted molar refractivity (Wildman–Crippen MR) is 213 cm³/mol. The van der Waals surface area contributed by atoms with Gasteiger partial charge in [-0.15, -0.1) is 0 Å². The molecule has 0 amide bonds. The third-order valence-electron chi connectivity index (χ3n) is 12.2. The summed E-state index contributed by atoms with van der Waals surface area (Å²) in [7, 11) is 0. The standard InChI is InChI=1S/C49H28N2/c1-3-14-29(15-4-1)49(30-16-5-2-6-17-30)37-23-10-7-19-32(37)43-38(49)26-27-41-44(43)34-21-13-22-35-45-42(51(41)47(34)35)28-36-31-18-8-11-24-39(31)50-40-25-12-9-20-33(40)46(45)48(36)50/h1-28H. The zero-order valence-corrected chi connectivity index (χ0v) is 27.6. The molecule has 8 aromatic carbocycles. The Balaban J connectivity index is 1.26. The number of para-hydroxylation sites is 3. The maximum atomic E-state index is 2.59. The number of aromatic nitrogens is 2. The van der Waals surface area contributed by atoms with E-state index in [-0.39, 0.29) is 0 Å². The number of nitrogens with zero attached hydrogens (tertiary/aromatic N) is 2. The molecule has 0 spiro atoms. The van der Waals surface area contributed by atoms with Crippen molar-refractivity contribution in [1.29, 1.82) is 0 Å². The Labute approximate surface area is 292 Å². The van der Waals surface area contributed by atoms with Crippen LogP contribution in [0.1, 0.15) is 22.3 Å². The van der Waals surface area contributed by atoms with Gasteiger partial charge in [0.25, 0.3) is 0 Å². The lowest BCUT2D eigenvalue weighted by atomic mass is 9.67. The maximum Gasteiger partial charge on any atom is 0.0713 e. The molecule has 0 fully saturated rings. The SMILES string of the molecule is c1ccc(C2(c3ccccc3)c3ccccc3-c3c2ccc2c3c3cccc4c5c6c7ccccc7n7c8ccccc8c(cc5n2c34)c67)cc1. The fourth-order valence-electron chi connectivity index (χ4n) is 10.5. The number of hydrogen-bond donors (Lipinski definition) is 0. The van der Waals surface area contributed by atoms with E-state index in [2.05, 4.69) is 179 Å². The van der Waals surface area contributed by atoms with Gasteiger partial charge in [-0.3, -0.25) is 0 Å². The fraction of sp³-hybridized carbons (Fsp3) is 0.0204. The zero-order valence-electron chi connectivity index (χ0n) is 27.6. The van der Waals surface area contributed by atoms with E-state index in [9.17, 15) is 0 Å². The molecule has 0 saturated heterocycles. The van der Waals surface area contributed by atoms with Gasteiger partial charge < -0.3 is 8.80 Å². The quantitative estimate of drug-likeness (QED) is 0.177. The first-order chi connectivity index (χ1) is 25.4. The molecule has 1 aliphatic rings. The summed E-state index contributed by atoms with van der Waals surface area (Å²) in [5.41, 5.74) is 15.3. The van der Waals surface area contributed by atoms with Crippen molar-refractivity contribution in [2.45, 2.75) is 5.41 Å². The van der Waals surface area contributed by atoms with Gasteiger partial charge in [0.1, 0.15) is 0 Å². The second-order valence-electron chi connectivity index (χ2n) is 14.4. The van der Waals surface area contributed by atoms with E-state index in [0.717, 1.165) is 0 Å². The Kier molecular flexibility index (Phi) is 4.60. The molecule has 4 heterocycles. The van der Waals surface area contributed by atoms with Crippen LogP contribution in [0.4, 0.5) is 0 Å². The van der Waals surface area contributed by atoms with Crippen molar-refractivity contribution in [2.75, 3.05) is 0 Å². The molecule has 12 aromatic rings. The van der Waals surface area contributed by atoms with Gasteiger partial charge in [-0.1, -0.05) is 146 Å². The second kappa shape index (κ2) is 8.93. The first kappa shape index (κ1) is 26.3. The summed E-state index contributed by atoms with van der Waals surface area (Å²) < 4.78 is 5.09. The lowest BCUT2D eigenvalue weighted by molar-refractivity contribution is 0.769. The monoisotopic (exact) mass is 644 g/mol. The zero-order chi connectivity index (χ0) is 33.0. The number of rotatable bonds is 2. The molecular formula is C49H28N2. The summed E-state index contributed by atoms with van der Waals surface area (Å²) >= 11 is 0. The molecule has 4 aromatic heterocycles. The van der Waals surface area contributed by atoms with Crippen LogP contribution in [0.25, 0.3) is 87.3 Å². The van der Waals surface area contributed by atoms with Crippen LogP contribution in [0, 0.1) is 0 Å². The van der Waals surface area contributed by atoms with Gasteiger partial charge in [-0.05, 0) is 57.6 Å². The Morgan fingerprint density at radius 3 is 1.69 bits per heavy atom. The largest absolute Gasteiger partial charge is 0.308 e. The molecule has 51 heavy (non-hydrogen) atoms. The van der Waals surface area contributed by atoms with Crippen LogP contribution in [-0.2, 0) is 5.41 Å². The van der Waals surface area contributed by atoms with Crippen LogP contribution in [0.15, 0.2) is 170 Å². The van der Waals surface area contributed by atoms with Crippen molar-refractivity contribution in [1.82, 2.24) is 8.80 Å². The van der Waals surface area contributed by atoms with Crippen LogP contribution in [0.3, 0.4) is 0 Å². The van der Waals surface area contributed by atoms with E-state index >= 15 is 0 Å². The predicted octanol–water partition coefficient (Wildman–Crippen LogP) is 12.3. The number of benzene rings is 8. The van der Waals surface area contributed by atoms with E-state index in [4.69, 9.17) is 0 Å². The van der Waals surface area contributed by atoms with Crippen LogP contribution < -0.4 is 0 Å². The second-order valence-corrected chi connectivity index (χ2v) is 14.4. The van der Waals surface area contributed by atoms with Gasteiger partial charge in [0, 0.05) is 43.1 Å². The molecule has 0 bridgehead atoms. The van der Waals surface area contributed by atoms with E-state index < -0.39 is 5.41 Å². The number of hydrogen-bond acceptors (Lipinski definition) is 0. The lowest BCUT2D eigenvalue weighted by Crippen LogP contribution is -2.28. The Hall–Kier alpha value is -6.64. The summed E-state index contributed by atoms with van der Waals surface area (Å²) in [6.45, 7) is 0. The lowest BCUT2D eigenvalue weighted by Gasteiger charge is -2.33. The molecule has 0 saturated carbocycles. The highest BCUT2D eigenvalue weighted by Gasteiger charge is 2.47. The van der Waals surface area contributed by atoms with Gasteiger partial charge in [-0.2, -0.15) is 0 Å². The van der Waals surface area contributed by atoms with E-state index in [0.29, 0.717) is 0 Å². The van der Waals surface area contributed by atoms with Crippen molar-refractivity contribution in [2.24, 2.45) is 0 Å². The van der Waals surface area contributed by atoms with Crippen molar-refractivity contribution in [3.8, 4) is 11.1 Å². The van der Waals surface area contributed by atoms with E-state index in [1.54, 1.807) is 0 Å². The van der Waals surface area contributed by atoms with Crippen LogP contribution in [-0.4, -0.2) is 8.80 Å². The Morgan fingerprint density at radius 2 is 0.922 bits per heavy atom. The topological polar surface area (TPSA) is 8.82 Å². The summed E-state index contributed by atoms with van der Waals surface area (Å²) in [4.78, 5) is 0. The van der Waals surface area contributed by atoms with Crippen molar-refractivity contribution in [3.63, 3.8) is 0 Å². The molecule has 0 atom stereocenters. The molecule has 0 aliphatic heterocycles. The summed E-state index contributed by atoms with van der Waals surface area (Å²) in [6, 6.07) is 63.6. The Bertz CT molecular complexity index is 3360. The average Bonchev–Trinajstić information content (AvgIpc) is 3.98. The highest BCUT2D eigenvalue weighted by molar-refractivity contribution is 6.38. The first-order valence-electron chi connectivity index (χ1n) is 17.9. The fourth-order valence-corrected chi connectivity index (χ4v) is 10.5. The third kappa shape index (κ3) is 2.85. The van der Waals surface area contributed by atoms with E-state index in [1.165, 1.54) is 110 Å². The van der Waals surface area contributed by atoms with Gasteiger partial charge in [0.05, 0.1) is 38.5 Å². The minimum absolute atomic E-state index is 0.430. The summed E-state index contributed by atoms with van der Waals surface area (Å²) in [5, 5.41) is 10.6. The van der Waals surface area contributed by atoms with Gasteiger partial charge >= 0.3 is 0 Å².